The molecule has 4 heterocycles. The van der Waals surface area contributed by atoms with E-state index in [0.29, 0.717) is 49.7 Å². The van der Waals surface area contributed by atoms with Gasteiger partial charge in [0.1, 0.15) is 5.69 Å². The van der Waals surface area contributed by atoms with Crippen LogP contribution in [0.2, 0.25) is 0 Å². The van der Waals surface area contributed by atoms with E-state index in [1.54, 1.807) is 26.3 Å². The highest BCUT2D eigenvalue weighted by atomic mass is 16.2. The maximum absolute atomic E-state index is 13.2. The van der Waals surface area contributed by atoms with Gasteiger partial charge in [-0.3, -0.25) is 14.3 Å². The predicted molar refractivity (Wildman–Crippen MR) is 138 cm³/mol. The highest BCUT2D eigenvalue weighted by Gasteiger charge is 2.27. The number of benzene rings is 1. The molecule has 4 aromatic rings. The Morgan fingerprint density at radius 1 is 1.00 bits per heavy atom. The van der Waals surface area contributed by atoms with Crippen LogP contribution < -0.4 is 16.6 Å². The van der Waals surface area contributed by atoms with Crippen molar-refractivity contribution in [1.29, 1.82) is 0 Å². The fourth-order valence-electron chi connectivity index (χ4n) is 5.07. The topological polar surface area (TPSA) is 105 Å². The molecule has 0 unspecified atom stereocenters. The van der Waals surface area contributed by atoms with E-state index in [0.717, 1.165) is 29.5 Å². The lowest BCUT2D eigenvalue weighted by atomic mass is 10.0. The lowest BCUT2D eigenvalue weighted by Crippen LogP contribution is -2.43. The number of piperidine rings is 1. The van der Waals surface area contributed by atoms with Crippen molar-refractivity contribution >= 4 is 22.9 Å². The molecule has 36 heavy (non-hydrogen) atoms. The van der Waals surface area contributed by atoms with Crippen molar-refractivity contribution in [3.8, 4) is 11.1 Å². The van der Waals surface area contributed by atoms with Crippen molar-refractivity contribution in [2.45, 2.75) is 38.3 Å². The van der Waals surface area contributed by atoms with Gasteiger partial charge in [-0.15, -0.1) is 0 Å². The Balaban J connectivity index is 1.20. The largest absolute Gasteiger partial charge is 0.327 e. The first kappa shape index (κ1) is 22.3. The van der Waals surface area contributed by atoms with Crippen molar-refractivity contribution in [1.82, 2.24) is 24.0 Å². The normalized spacial score (nSPS) is 16.4. The fourth-order valence-corrected chi connectivity index (χ4v) is 5.07. The third kappa shape index (κ3) is 4.32. The summed E-state index contributed by atoms with van der Waals surface area (Å²) in [6.45, 7) is 1.65. The number of carbonyl (C=O) groups excluding carboxylic acids is 1. The number of fused-ring (bicyclic) bond motifs is 1. The number of nitrogens with one attached hydrogen (secondary N) is 2. The minimum atomic E-state index is -0.290. The molecule has 1 aromatic carbocycles. The summed E-state index contributed by atoms with van der Waals surface area (Å²) >= 11 is 0. The van der Waals surface area contributed by atoms with Gasteiger partial charge < -0.3 is 14.8 Å². The van der Waals surface area contributed by atoms with Crippen molar-refractivity contribution in [2.75, 3.05) is 18.4 Å². The number of amides is 2. The molecule has 1 saturated heterocycles. The first-order chi connectivity index (χ1) is 17.6. The molecule has 2 aliphatic rings. The molecule has 9 nitrogen and oxygen atoms in total. The van der Waals surface area contributed by atoms with Gasteiger partial charge in [-0.1, -0.05) is 30.3 Å². The summed E-state index contributed by atoms with van der Waals surface area (Å²) in [6.07, 6.45) is 7.10. The molecule has 3 aromatic heterocycles. The van der Waals surface area contributed by atoms with Crippen LogP contribution in [0.25, 0.3) is 22.3 Å². The molecule has 0 spiro atoms. The molecule has 1 aliphatic heterocycles. The average Bonchev–Trinajstić information content (AvgIpc) is 3.66. The summed E-state index contributed by atoms with van der Waals surface area (Å²) in [5.41, 5.74) is 3.18. The number of carbonyl (C=O) groups is 1. The number of likely N-dealkylation sites (tertiary alicyclic amines) is 1. The van der Waals surface area contributed by atoms with E-state index in [-0.39, 0.29) is 23.3 Å². The lowest BCUT2D eigenvalue weighted by molar-refractivity contribution is 0.184. The lowest BCUT2D eigenvalue weighted by Gasteiger charge is -2.32. The standard InChI is InChI=1S/C27H28N6O3/c34-25-22(15-20(19-5-2-1-3-6-19)17-32(25)16-18-8-9-18)29-26(35)31-13-10-21(11-14-31)33-23-7-4-12-28-24(23)30-27(33)36/h1-7,12,15,17-18,21H,8-11,13-14,16H2,(H,29,35)(H,28,30,36). The van der Waals surface area contributed by atoms with Gasteiger partial charge in [0.05, 0.1) is 5.52 Å². The number of hydrogen-bond acceptors (Lipinski definition) is 4. The van der Waals surface area contributed by atoms with Crippen LogP contribution in [0.3, 0.4) is 0 Å². The van der Waals surface area contributed by atoms with E-state index in [1.165, 1.54) is 0 Å². The van der Waals surface area contributed by atoms with Crippen molar-refractivity contribution in [2.24, 2.45) is 5.92 Å². The van der Waals surface area contributed by atoms with E-state index in [1.807, 2.05) is 48.7 Å². The van der Waals surface area contributed by atoms with E-state index in [2.05, 4.69) is 15.3 Å². The number of urea groups is 1. The number of imidazole rings is 1. The first-order valence-corrected chi connectivity index (χ1v) is 12.5. The smallest absolute Gasteiger partial charge is 0.324 e. The zero-order chi connectivity index (χ0) is 24.6. The van der Waals surface area contributed by atoms with Crippen molar-refractivity contribution in [3.05, 3.63) is 81.8 Å². The van der Waals surface area contributed by atoms with Gasteiger partial charge in [-0.25, -0.2) is 14.6 Å². The summed E-state index contributed by atoms with van der Waals surface area (Å²) < 4.78 is 3.48. The van der Waals surface area contributed by atoms with Crippen LogP contribution in [0.4, 0.5) is 10.5 Å². The number of nitrogens with zero attached hydrogens (tertiary/aromatic N) is 4. The maximum Gasteiger partial charge on any atom is 0.327 e. The highest BCUT2D eigenvalue weighted by molar-refractivity contribution is 5.90. The molecule has 1 saturated carbocycles. The average molecular weight is 485 g/mol. The van der Waals surface area contributed by atoms with Gasteiger partial charge in [0, 0.05) is 43.6 Å². The van der Waals surface area contributed by atoms with Crippen LogP contribution in [0.15, 0.2) is 70.5 Å². The number of anilines is 1. The van der Waals surface area contributed by atoms with Crippen LogP contribution >= 0.6 is 0 Å². The minimum Gasteiger partial charge on any atom is -0.324 e. The van der Waals surface area contributed by atoms with Crippen molar-refractivity contribution in [3.63, 3.8) is 0 Å². The molecule has 2 fully saturated rings. The SMILES string of the molecule is O=C(Nc1cc(-c2ccccc2)cn(CC2CC2)c1=O)N1CCC(n2c(=O)[nH]c3ncccc32)CC1. The van der Waals surface area contributed by atoms with E-state index in [4.69, 9.17) is 0 Å². The minimum absolute atomic E-state index is 0.0170. The molecule has 6 rings (SSSR count). The van der Waals surface area contributed by atoms with Gasteiger partial charge in [0.25, 0.3) is 5.56 Å². The second-order valence-electron chi connectivity index (χ2n) is 9.73. The fraction of sp³-hybridized carbons (Fsp3) is 0.333. The summed E-state index contributed by atoms with van der Waals surface area (Å²) in [7, 11) is 0. The summed E-state index contributed by atoms with van der Waals surface area (Å²) in [5.74, 6) is 0.527. The zero-order valence-corrected chi connectivity index (χ0v) is 19.9. The summed E-state index contributed by atoms with van der Waals surface area (Å²) in [5, 5.41) is 2.88. The Labute approximate surface area is 207 Å². The molecular formula is C27H28N6O3. The van der Waals surface area contributed by atoms with E-state index in [9.17, 15) is 14.4 Å². The van der Waals surface area contributed by atoms with Gasteiger partial charge in [0.2, 0.25) is 0 Å². The summed E-state index contributed by atoms with van der Waals surface area (Å²) in [4.78, 5) is 47.6. The second-order valence-corrected chi connectivity index (χ2v) is 9.73. The molecule has 0 radical (unpaired) electrons. The molecule has 184 valence electrons. The van der Waals surface area contributed by atoms with Crippen molar-refractivity contribution < 1.29 is 4.79 Å². The van der Waals surface area contributed by atoms with Gasteiger partial charge in [0.15, 0.2) is 5.65 Å². The highest BCUT2D eigenvalue weighted by Crippen LogP contribution is 2.31. The van der Waals surface area contributed by atoms with Crippen LogP contribution in [0.5, 0.6) is 0 Å². The Morgan fingerprint density at radius 2 is 1.78 bits per heavy atom. The Kier molecular flexibility index (Phi) is 5.67. The molecule has 9 heteroatoms. The van der Waals surface area contributed by atoms with Crippen LogP contribution in [0.1, 0.15) is 31.7 Å². The van der Waals surface area contributed by atoms with Gasteiger partial charge in [-0.05, 0) is 55.4 Å². The quantitative estimate of drug-likeness (QED) is 0.449. The summed E-state index contributed by atoms with van der Waals surface area (Å²) in [6, 6.07) is 15.0. The van der Waals surface area contributed by atoms with E-state index >= 15 is 0 Å². The number of aromatic amines is 1. The van der Waals surface area contributed by atoms with E-state index < -0.39 is 0 Å². The number of H-pyrrole nitrogens is 1. The number of pyridine rings is 2. The number of rotatable bonds is 5. The molecule has 1 aliphatic carbocycles. The van der Waals surface area contributed by atoms with Crippen LogP contribution in [0, 0.1) is 5.92 Å². The maximum atomic E-state index is 13.2. The first-order valence-electron chi connectivity index (χ1n) is 12.5. The number of hydrogen-bond donors (Lipinski definition) is 2. The Bertz CT molecular complexity index is 1520. The monoisotopic (exact) mass is 484 g/mol. The predicted octanol–water partition coefficient (Wildman–Crippen LogP) is 3.83. The van der Waals surface area contributed by atoms with Gasteiger partial charge in [-0.2, -0.15) is 0 Å². The molecule has 2 N–H and O–H groups in total. The Morgan fingerprint density at radius 3 is 2.53 bits per heavy atom. The number of aromatic nitrogens is 4. The molecule has 2 amide bonds. The van der Waals surface area contributed by atoms with Crippen LogP contribution in [-0.2, 0) is 6.54 Å². The van der Waals surface area contributed by atoms with Gasteiger partial charge >= 0.3 is 11.7 Å². The molecule has 0 bridgehead atoms. The molecular weight excluding hydrogens is 456 g/mol. The molecule has 0 atom stereocenters. The Hall–Kier alpha value is -4.14. The zero-order valence-electron chi connectivity index (χ0n) is 19.9. The third-order valence-electron chi connectivity index (χ3n) is 7.19. The second kappa shape index (κ2) is 9.14. The third-order valence-corrected chi connectivity index (χ3v) is 7.19. The van der Waals surface area contributed by atoms with Crippen LogP contribution in [-0.4, -0.2) is 43.1 Å².